The van der Waals surface area contributed by atoms with Crippen LogP contribution in [0.5, 0.6) is 0 Å². The van der Waals surface area contributed by atoms with Crippen LogP contribution in [0.15, 0.2) is 24.3 Å². The summed E-state index contributed by atoms with van der Waals surface area (Å²) in [6.45, 7) is 4.07. The van der Waals surface area contributed by atoms with Crippen LogP contribution in [0.2, 0.25) is 0 Å². The van der Waals surface area contributed by atoms with Crippen molar-refractivity contribution in [1.82, 2.24) is 9.80 Å². The highest BCUT2D eigenvalue weighted by atomic mass is 16.5. The number of nitrogens with zero attached hydrogens (tertiary/aromatic N) is 3. The molecule has 118 valence electrons. The number of amides is 1. The van der Waals surface area contributed by atoms with E-state index in [-0.39, 0.29) is 18.6 Å². The molecule has 6 nitrogen and oxygen atoms in total. The molecular weight excluding hydrogens is 280 g/mol. The fraction of sp³-hybridized carbons (Fsp3) is 0.500. The minimum absolute atomic E-state index is 0.0669. The van der Waals surface area contributed by atoms with Gasteiger partial charge in [-0.1, -0.05) is 12.1 Å². The van der Waals surface area contributed by atoms with Gasteiger partial charge in [-0.3, -0.25) is 14.6 Å². The molecule has 0 bridgehead atoms. The molecule has 0 saturated carbocycles. The molecule has 1 amide bonds. The number of ether oxygens (including phenoxy) is 1. The Morgan fingerprint density at radius 1 is 1.59 bits per heavy atom. The van der Waals surface area contributed by atoms with Gasteiger partial charge in [-0.2, -0.15) is 5.26 Å². The van der Waals surface area contributed by atoms with Crippen molar-refractivity contribution in [2.45, 2.75) is 12.6 Å². The van der Waals surface area contributed by atoms with Gasteiger partial charge in [0.2, 0.25) is 5.91 Å². The lowest BCUT2D eigenvalue weighted by Crippen LogP contribution is -2.47. The molecule has 1 aliphatic heterocycles. The molecule has 6 heteroatoms. The van der Waals surface area contributed by atoms with E-state index >= 15 is 0 Å². The van der Waals surface area contributed by atoms with E-state index in [9.17, 15) is 4.79 Å². The highest BCUT2D eigenvalue weighted by Gasteiger charge is 2.22. The fourth-order valence-corrected chi connectivity index (χ4v) is 2.71. The number of carbonyl (C=O) groups excluding carboxylic acids is 1. The summed E-state index contributed by atoms with van der Waals surface area (Å²) in [4.78, 5) is 15.1. The zero-order chi connectivity index (χ0) is 15.9. The predicted molar refractivity (Wildman–Crippen MR) is 82.9 cm³/mol. The molecule has 2 N–H and O–H groups in total. The van der Waals surface area contributed by atoms with E-state index < -0.39 is 0 Å². The fourth-order valence-electron chi connectivity index (χ4n) is 2.71. The number of likely N-dealkylation sites (N-methyl/N-ethyl adjacent to an activating group) is 1. The normalized spacial score (nSPS) is 19.0. The zero-order valence-corrected chi connectivity index (χ0v) is 12.9. The summed E-state index contributed by atoms with van der Waals surface area (Å²) < 4.78 is 5.76. The average molecular weight is 302 g/mol. The molecule has 0 aromatic heterocycles. The van der Waals surface area contributed by atoms with Crippen molar-refractivity contribution in [3.8, 4) is 6.07 Å². The van der Waals surface area contributed by atoms with E-state index in [1.807, 2.05) is 36.2 Å². The quantitative estimate of drug-likeness (QED) is 0.810. The second-order valence-electron chi connectivity index (χ2n) is 5.70. The Morgan fingerprint density at radius 2 is 2.41 bits per heavy atom. The first-order valence-electron chi connectivity index (χ1n) is 7.36. The predicted octanol–water partition coefficient (Wildman–Crippen LogP) is 0.176. The largest absolute Gasteiger partial charge is 0.374 e. The van der Waals surface area contributed by atoms with Gasteiger partial charge in [0.05, 0.1) is 30.9 Å². The number of nitriles is 1. The van der Waals surface area contributed by atoms with E-state index in [0.29, 0.717) is 18.7 Å². The maximum Gasteiger partial charge on any atom is 0.231 e. The van der Waals surface area contributed by atoms with Crippen molar-refractivity contribution in [2.24, 2.45) is 5.73 Å². The van der Waals surface area contributed by atoms with Crippen LogP contribution >= 0.6 is 0 Å². The summed E-state index contributed by atoms with van der Waals surface area (Å²) in [5.41, 5.74) is 7.01. The first-order valence-corrected chi connectivity index (χ1v) is 7.36. The Morgan fingerprint density at radius 3 is 3.14 bits per heavy atom. The Bertz CT molecular complexity index is 555. The molecule has 1 saturated heterocycles. The smallest absolute Gasteiger partial charge is 0.231 e. The zero-order valence-electron chi connectivity index (χ0n) is 12.9. The van der Waals surface area contributed by atoms with Crippen LogP contribution in [0.25, 0.3) is 0 Å². The number of nitrogens with two attached hydrogens (primary N) is 1. The van der Waals surface area contributed by atoms with Gasteiger partial charge in [-0.25, -0.2) is 0 Å². The molecule has 1 aliphatic rings. The Hall–Kier alpha value is -1.94. The van der Waals surface area contributed by atoms with Crippen LogP contribution in [-0.4, -0.2) is 61.6 Å². The van der Waals surface area contributed by atoms with Crippen LogP contribution < -0.4 is 5.73 Å². The second kappa shape index (κ2) is 7.90. The van der Waals surface area contributed by atoms with Crippen LogP contribution in [0.3, 0.4) is 0 Å². The van der Waals surface area contributed by atoms with Crippen LogP contribution in [0.4, 0.5) is 0 Å². The number of hydrogen-bond donors (Lipinski definition) is 1. The average Bonchev–Trinajstić information content (AvgIpc) is 2.47. The molecule has 1 aromatic carbocycles. The summed E-state index contributed by atoms with van der Waals surface area (Å²) >= 11 is 0. The number of carbonyl (C=O) groups is 1. The van der Waals surface area contributed by atoms with Gasteiger partial charge < -0.3 is 10.5 Å². The minimum Gasteiger partial charge on any atom is -0.374 e. The third kappa shape index (κ3) is 5.11. The van der Waals surface area contributed by atoms with Gasteiger partial charge in [0.1, 0.15) is 0 Å². The SMILES string of the molecule is CN(CC(N)=O)C[C@@H]1CN(Cc2cccc(C#N)c2)CCO1. The maximum absolute atomic E-state index is 10.9. The number of morpholine rings is 1. The van der Waals surface area contributed by atoms with Crippen molar-refractivity contribution < 1.29 is 9.53 Å². The maximum atomic E-state index is 10.9. The lowest BCUT2D eigenvalue weighted by Gasteiger charge is -2.34. The summed E-state index contributed by atoms with van der Waals surface area (Å²) in [5.74, 6) is -0.330. The molecule has 22 heavy (non-hydrogen) atoms. The monoisotopic (exact) mass is 302 g/mol. The van der Waals surface area contributed by atoms with Crippen LogP contribution in [0.1, 0.15) is 11.1 Å². The molecule has 0 radical (unpaired) electrons. The molecule has 0 unspecified atom stereocenters. The molecule has 1 atom stereocenters. The lowest BCUT2D eigenvalue weighted by atomic mass is 10.1. The summed E-state index contributed by atoms with van der Waals surface area (Å²) in [6, 6.07) is 9.84. The second-order valence-corrected chi connectivity index (χ2v) is 5.70. The van der Waals surface area contributed by atoms with E-state index in [1.165, 1.54) is 0 Å². The van der Waals surface area contributed by atoms with Crippen molar-refractivity contribution >= 4 is 5.91 Å². The number of primary amides is 1. The summed E-state index contributed by atoms with van der Waals surface area (Å²) in [7, 11) is 1.86. The first kappa shape index (κ1) is 16.4. The summed E-state index contributed by atoms with van der Waals surface area (Å²) in [5, 5.41) is 8.95. The molecule has 1 heterocycles. The van der Waals surface area contributed by atoms with E-state index in [0.717, 1.165) is 25.2 Å². The minimum atomic E-state index is -0.330. The third-order valence-corrected chi connectivity index (χ3v) is 3.63. The number of rotatable bonds is 6. The van der Waals surface area contributed by atoms with E-state index in [1.54, 1.807) is 0 Å². The molecular formula is C16H22N4O2. The van der Waals surface area contributed by atoms with Crippen molar-refractivity contribution in [3.63, 3.8) is 0 Å². The first-order chi connectivity index (χ1) is 10.6. The standard InChI is InChI=1S/C16H22N4O2/c1-19(12-16(18)21)10-15-11-20(5-6-22-15)9-14-4-2-3-13(7-14)8-17/h2-4,7,15H,5-6,9-12H2,1H3,(H2,18,21)/t15-/m1/s1. The van der Waals surface area contributed by atoms with Crippen molar-refractivity contribution in [2.75, 3.05) is 39.8 Å². The van der Waals surface area contributed by atoms with Gasteiger partial charge in [-0.05, 0) is 24.7 Å². The van der Waals surface area contributed by atoms with Crippen molar-refractivity contribution in [3.05, 3.63) is 35.4 Å². The van der Waals surface area contributed by atoms with Gasteiger partial charge >= 0.3 is 0 Å². The highest BCUT2D eigenvalue weighted by Crippen LogP contribution is 2.12. The van der Waals surface area contributed by atoms with Gasteiger partial charge in [-0.15, -0.1) is 0 Å². The van der Waals surface area contributed by atoms with Gasteiger partial charge in [0.15, 0.2) is 0 Å². The Kier molecular flexibility index (Phi) is 5.90. The topological polar surface area (TPSA) is 82.6 Å². The molecule has 2 rings (SSSR count). The lowest BCUT2D eigenvalue weighted by molar-refractivity contribution is -0.119. The van der Waals surface area contributed by atoms with Crippen LogP contribution in [-0.2, 0) is 16.1 Å². The van der Waals surface area contributed by atoms with Crippen LogP contribution in [0, 0.1) is 11.3 Å². The van der Waals surface area contributed by atoms with Gasteiger partial charge in [0.25, 0.3) is 0 Å². The summed E-state index contributed by atoms with van der Waals surface area (Å²) in [6.07, 6.45) is 0.0669. The Labute approximate surface area is 131 Å². The molecule has 0 aliphatic carbocycles. The van der Waals surface area contributed by atoms with E-state index in [4.69, 9.17) is 15.7 Å². The third-order valence-electron chi connectivity index (χ3n) is 3.63. The van der Waals surface area contributed by atoms with Crippen molar-refractivity contribution in [1.29, 1.82) is 5.26 Å². The number of hydrogen-bond acceptors (Lipinski definition) is 5. The molecule has 0 spiro atoms. The number of benzene rings is 1. The van der Waals surface area contributed by atoms with Gasteiger partial charge in [0, 0.05) is 26.2 Å². The molecule has 1 fully saturated rings. The molecule has 1 aromatic rings. The van der Waals surface area contributed by atoms with E-state index in [2.05, 4.69) is 11.0 Å². The Balaban J connectivity index is 1.87. The highest BCUT2D eigenvalue weighted by molar-refractivity contribution is 5.75.